The van der Waals surface area contributed by atoms with Gasteiger partial charge in [-0.3, -0.25) is 14.4 Å². The minimum Gasteiger partial charge on any atom is -0.480 e. The van der Waals surface area contributed by atoms with E-state index in [4.69, 9.17) is 0 Å². The lowest BCUT2D eigenvalue weighted by Crippen LogP contribution is -2.21. The van der Waals surface area contributed by atoms with Crippen LogP contribution in [0.4, 0.5) is 18.9 Å². The Kier molecular flexibility index (Phi) is 6.72. The van der Waals surface area contributed by atoms with Crippen molar-refractivity contribution in [3.05, 3.63) is 94.9 Å². The maximum atomic E-state index is 13.6. The fraction of sp³-hybridized carbons (Fsp3) is 0.0800. The fourth-order valence-electron chi connectivity index (χ4n) is 3.82. The van der Waals surface area contributed by atoms with E-state index in [9.17, 15) is 46.2 Å². The number of nitrogens with zero attached hydrogens (tertiary/aromatic N) is 1. The van der Waals surface area contributed by atoms with Crippen LogP contribution in [0.1, 0.15) is 27.4 Å². The highest BCUT2D eigenvalue weighted by atomic mass is 32.2. The second-order valence-corrected chi connectivity index (χ2v) is 10.1. The third kappa shape index (κ3) is 4.70. The van der Waals surface area contributed by atoms with Gasteiger partial charge in [0.05, 0.1) is 10.4 Å². The van der Waals surface area contributed by atoms with Gasteiger partial charge in [-0.1, -0.05) is 17.7 Å². The van der Waals surface area contributed by atoms with E-state index in [1.807, 2.05) is 0 Å². The molecule has 0 fully saturated rings. The highest BCUT2D eigenvalue weighted by Gasteiger charge is 2.33. The van der Waals surface area contributed by atoms with Crippen molar-refractivity contribution in [2.24, 2.45) is 0 Å². The number of hydrogen-bond acceptors (Lipinski definition) is 5. The van der Waals surface area contributed by atoms with Gasteiger partial charge in [0.1, 0.15) is 0 Å². The summed E-state index contributed by atoms with van der Waals surface area (Å²) < 4.78 is 67.8. The normalized spacial score (nSPS) is 11.6. The first-order valence-corrected chi connectivity index (χ1v) is 12.1. The fourth-order valence-corrected chi connectivity index (χ4v) is 5.19. The van der Waals surface area contributed by atoms with Crippen LogP contribution in [0.25, 0.3) is 10.9 Å². The van der Waals surface area contributed by atoms with Crippen molar-refractivity contribution in [1.29, 1.82) is 0 Å². The predicted octanol–water partition coefficient (Wildman–Crippen LogP) is 4.11. The molecule has 0 bridgehead atoms. The van der Waals surface area contributed by atoms with E-state index in [0.717, 1.165) is 21.8 Å². The van der Waals surface area contributed by atoms with Crippen molar-refractivity contribution in [3.63, 3.8) is 0 Å². The summed E-state index contributed by atoms with van der Waals surface area (Å²) in [6.45, 7) is 1.74. The number of anilines is 1. The van der Waals surface area contributed by atoms with Crippen molar-refractivity contribution in [3.8, 4) is 0 Å². The molecule has 13 heteroatoms. The Bertz CT molecular complexity index is 1690. The van der Waals surface area contributed by atoms with Gasteiger partial charge in [0.25, 0.3) is 15.9 Å². The van der Waals surface area contributed by atoms with Crippen LogP contribution >= 0.6 is 0 Å². The van der Waals surface area contributed by atoms with E-state index in [0.29, 0.717) is 12.1 Å². The van der Waals surface area contributed by atoms with Crippen molar-refractivity contribution >= 4 is 44.5 Å². The summed E-state index contributed by atoms with van der Waals surface area (Å²) in [5.41, 5.74) is -0.375. The SMILES string of the molecule is Cc1ccc(S(=O)(=O)n2cc(C(C(=O)O)C(=O)O)c3cc(NC(=O)c4cc(F)c(F)c(F)c4)ccc32)cc1. The number of aryl methyl sites for hydroxylation is 1. The molecule has 38 heavy (non-hydrogen) atoms. The van der Waals surface area contributed by atoms with E-state index < -0.39 is 62.4 Å². The van der Waals surface area contributed by atoms with Gasteiger partial charge in [-0.2, -0.15) is 0 Å². The smallest absolute Gasteiger partial charge is 0.322 e. The van der Waals surface area contributed by atoms with Crippen LogP contribution in [0.5, 0.6) is 0 Å². The molecule has 0 aliphatic carbocycles. The van der Waals surface area contributed by atoms with E-state index in [1.54, 1.807) is 19.1 Å². The number of aliphatic carboxylic acids is 2. The van der Waals surface area contributed by atoms with Gasteiger partial charge >= 0.3 is 11.9 Å². The topological polar surface area (TPSA) is 143 Å². The number of hydrogen-bond donors (Lipinski definition) is 3. The van der Waals surface area contributed by atoms with E-state index in [1.165, 1.54) is 24.3 Å². The maximum Gasteiger partial charge on any atom is 0.322 e. The molecule has 4 rings (SSSR count). The zero-order valence-electron chi connectivity index (χ0n) is 19.3. The molecule has 0 unspecified atom stereocenters. The molecule has 0 radical (unpaired) electrons. The Morgan fingerprint density at radius 1 is 0.895 bits per heavy atom. The Balaban J connectivity index is 1.87. The first-order chi connectivity index (χ1) is 17.8. The lowest BCUT2D eigenvalue weighted by Gasteiger charge is -2.10. The molecular weight excluding hydrogens is 529 g/mol. The first kappa shape index (κ1) is 26.4. The van der Waals surface area contributed by atoms with Gasteiger partial charge in [0.2, 0.25) is 0 Å². The molecule has 1 aromatic heterocycles. The van der Waals surface area contributed by atoms with Crippen molar-refractivity contribution in [1.82, 2.24) is 3.97 Å². The summed E-state index contributed by atoms with van der Waals surface area (Å²) in [7, 11) is -4.31. The van der Waals surface area contributed by atoms with Gasteiger partial charge in [-0.25, -0.2) is 25.6 Å². The van der Waals surface area contributed by atoms with Crippen LogP contribution in [0.2, 0.25) is 0 Å². The Morgan fingerprint density at radius 2 is 1.47 bits per heavy atom. The maximum absolute atomic E-state index is 13.6. The number of carbonyl (C=O) groups excluding carboxylic acids is 1. The third-order valence-corrected chi connectivity index (χ3v) is 7.38. The van der Waals surface area contributed by atoms with E-state index in [-0.39, 0.29) is 21.5 Å². The molecule has 3 N–H and O–H groups in total. The van der Waals surface area contributed by atoms with Gasteiger partial charge in [0, 0.05) is 28.4 Å². The van der Waals surface area contributed by atoms with Crippen LogP contribution in [0, 0.1) is 24.4 Å². The van der Waals surface area contributed by atoms with Gasteiger partial charge in [0.15, 0.2) is 23.4 Å². The van der Waals surface area contributed by atoms with Crippen LogP contribution in [0.3, 0.4) is 0 Å². The van der Waals surface area contributed by atoms with Crippen LogP contribution in [-0.2, 0) is 19.6 Å². The molecule has 0 saturated carbocycles. The molecule has 0 atom stereocenters. The Labute approximate surface area is 212 Å². The number of fused-ring (bicyclic) bond motifs is 1. The minimum absolute atomic E-state index is 0.0890. The molecule has 0 aliphatic heterocycles. The van der Waals surface area contributed by atoms with Gasteiger partial charge in [-0.15, -0.1) is 0 Å². The second-order valence-electron chi connectivity index (χ2n) is 8.25. The summed E-state index contributed by atoms with van der Waals surface area (Å²) >= 11 is 0. The summed E-state index contributed by atoms with van der Waals surface area (Å²) in [6, 6.07) is 10.2. The highest BCUT2D eigenvalue weighted by Crippen LogP contribution is 2.33. The van der Waals surface area contributed by atoms with E-state index in [2.05, 4.69) is 5.32 Å². The van der Waals surface area contributed by atoms with Crippen LogP contribution in [-0.4, -0.2) is 40.4 Å². The van der Waals surface area contributed by atoms with Crippen LogP contribution < -0.4 is 5.32 Å². The molecular formula is C25H17F3N2O7S. The zero-order chi connectivity index (χ0) is 27.9. The molecule has 0 spiro atoms. The zero-order valence-corrected chi connectivity index (χ0v) is 20.1. The second kappa shape index (κ2) is 9.67. The standard InChI is InChI=1S/C25H17F3N2O7S/c1-12-2-5-15(6-3-12)38(36,37)30-11-17(21(24(32)33)25(34)35)16-10-14(4-7-20(16)30)29-23(31)13-8-18(26)22(28)19(27)9-13/h2-11,21H,1H3,(H,29,31)(H,32,33)(H,34,35). The quantitative estimate of drug-likeness (QED) is 0.234. The predicted molar refractivity (Wildman–Crippen MR) is 128 cm³/mol. The third-order valence-electron chi connectivity index (χ3n) is 5.69. The number of benzene rings is 3. The summed E-state index contributed by atoms with van der Waals surface area (Å²) in [4.78, 5) is 35.9. The molecule has 9 nitrogen and oxygen atoms in total. The highest BCUT2D eigenvalue weighted by molar-refractivity contribution is 7.90. The molecule has 0 aliphatic rings. The average Bonchev–Trinajstić information content (AvgIpc) is 3.21. The number of nitrogens with one attached hydrogen (secondary N) is 1. The lowest BCUT2D eigenvalue weighted by molar-refractivity contribution is -0.149. The van der Waals surface area contributed by atoms with Crippen LogP contribution in [0.15, 0.2) is 65.7 Å². The largest absolute Gasteiger partial charge is 0.480 e. The Hall–Kier alpha value is -4.65. The summed E-state index contributed by atoms with van der Waals surface area (Å²) in [6.07, 6.45) is 0.878. The molecule has 1 heterocycles. The van der Waals surface area contributed by atoms with Gasteiger partial charge < -0.3 is 15.5 Å². The average molecular weight is 546 g/mol. The molecule has 3 aromatic carbocycles. The molecule has 4 aromatic rings. The number of halogens is 3. The molecule has 1 amide bonds. The van der Waals surface area contributed by atoms with Crippen molar-refractivity contribution < 1.29 is 46.2 Å². The van der Waals surface area contributed by atoms with E-state index >= 15 is 0 Å². The summed E-state index contributed by atoms with van der Waals surface area (Å²) in [5.74, 6) is -11.7. The van der Waals surface area contributed by atoms with Crippen molar-refractivity contribution in [2.45, 2.75) is 17.7 Å². The number of carboxylic acids is 2. The number of aromatic nitrogens is 1. The number of carbonyl (C=O) groups is 3. The van der Waals surface area contributed by atoms with Crippen molar-refractivity contribution in [2.75, 3.05) is 5.32 Å². The minimum atomic E-state index is -4.31. The molecule has 0 saturated heterocycles. The molecule has 196 valence electrons. The monoisotopic (exact) mass is 546 g/mol. The number of carboxylic acid groups (broad SMARTS) is 2. The first-order valence-electron chi connectivity index (χ1n) is 10.7. The lowest BCUT2D eigenvalue weighted by atomic mass is 9.98. The number of amides is 1. The Morgan fingerprint density at radius 3 is 2.03 bits per heavy atom. The van der Waals surface area contributed by atoms with Gasteiger partial charge in [-0.05, 0) is 49.4 Å². The summed E-state index contributed by atoms with van der Waals surface area (Å²) in [5, 5.41) is 21.2. The number of rotatable bonds is 7.